The van der Waals surface area contributed by atoms with E-state index in [9.17, 15) is 0 Å². The van der Waals surface area contributed by atoms with Crippen LogP contribution < -0.4 is 10.2 Å². The molecule has 7 rings (SSSR count). The Labute approximate surface area is 297 Å². The summed E-state index contributed by atoms with van der Waals surface area (Å²) in [6.07, 6.45) is 13.8. The van der Waals surface area contributed by atoms with E-state index in [1.165, 1.54) is 33.4 Å². The van der Waals surface area contributed by atoms with E-state index in [0.29, 0.717) is 5.92 Å². The minimum Gasteiger partial charge on any atom is -0.355 e. The van der Waals surface area contributed by atoms with Gasteiger partial charge in [0.05, 0.1) is 0 Å². The quantitative estimate of drug-likeness (QED) is 0.149. The molecule has 0 radical (unpaired) electrons. The fourth-order valence-corrected chi connectivity index (χ4v) is 6.73. The van der Waals surface area contributed by atoms with Crippen LogP contribution in [-0.2, 0) is 0 Å². The van der Waals surface area contributed by atoms with Crippen LogP contribution >= 0.6 is 0 Å². The van der Waals surface area contributed by atoms with Crippen molar-refractivity contribution in [3.63, 3.8) is 0 Å². The van der Waals surface area contributed by atoms with Crippen LogP contribution in [0.5, 0.6) is 0 Å². The fourth-order valence-electron chi connectivity index (χ4n) is 6.73. The minimum atomic E-state index is 0.536. The Bertz CT molecular complexity index is 2170. The van der Waals surface area contributed by atoms with Crippen LogP contribution in [0.4, 0.5) is 28.4 Å². The number of para-hydroxylation sites is 1. The summed E-state index contributed by atoms with van der Waals surface area (Å²) in [5, 5.41) is 3.63. The normalized spacial score (nSPS) is 13.8. The number of rotatable bonds is 10. The van der Waals surface area contributed by atoms with E-state index in [1.54, 1.807) is 0 Å². The lowest BCUT2D eigenvalue weighted by molar-refractivity contribution is 0.772. The Morgan fingerprint density at radius 2 is 1.28 bits per heavy atom. The molecule has 50 heavy (non-hydrogen) atoms. The monoisotopic (exact) mass is 646 g/mol. The van der Waals surface area contributed by atoms with Gasteiger partial charge in [-0.1, -0.05) is 141 Å². The predicted octanol–water partition coefficient (Wildman–Crippen LogP) is 13.9. The van der Waals surface area contributed by atoms with E-state index in [4.69, 9.17) is 0 Å². The zero-order valence-corrected chi connectivity index (χ0v) is 28.8. The molecule has 0 aliphatic heterocycles. The molecule has 6 aromatic carbocycles. The second kappa shape index (κ2) is 15.0. The number of fused-ring (bicyclic) bond motifs is 1. The molecular weight excluding hydrogens is 605 g/mol. The average molecular weight is 647 g/mol. The Hall–Kier alpha value is -6.12. The van der Waals surface area contributed by atoms with Crippen molar-refractivity contribution in [1.82, 2.24) is 0 Å². The maximum absolute atomic E-state index is 4.31. The smallest absolute Gasteiger partial charge is 0.0463 e. The van der Waals surface area contributed by atoms with Crippen LogP contribution in [0.2, 0.25) is 0 Å². The van der Waals surface area contributed by atoms with Gasteiger partial charge in [-0.3, -0.25) is 0 Å². The van der Waals surface area contributed by atoms with E-state index in [2.05, 4.69) is 175 Å². The summed E-state index contributed by atoms with van der Waals surface area (Å²) in [6, 6.07) is 52.1. The lowest BCUT2D eigenvalue weighted by Gasteiger charge is -2.26. The van der Waals surface area contributed by atoms with E-state index >= 15 is 0 Å². The largest absolute Gasteiger partial charge is 0.355 e. The fraction of sp³-hybridized carbons (Fsp3) is 0.0833. The zero-order chi connectivity index (χ0) is 34.3. The van der Waals surface area contributed by atoms with Gasteiger partial charge >= 0.3 is 0 Å². The van der Waals surface area contributed by atoms with E-state index < -0.39 is 0 Å². The van der Waals surface area contributed by atoms with Crippen molar-refractivity contribution >= 4 is 40.1 Å². The van der Waals surface area contributed by atoms with Gasteiger partial charge in [0, 0.05) is 34.0 Å². The van der Waals surface area contributed by atoms with Gasteiger partial charge in [0.15, 0.2) is 0 Å². The van der Waals surface area contributed by atoms with Crippen LogP contribution in [0.3, 0.4) is 0 Å². The lowest BCUT2D eigenvalue weighted by atomic mass is 9.84. The van der Waals surface area contributed by atoms with Crippen LogP contribution in [0, 0.1) is 0 Å². The van der Waals surface area contributed by atoms with Gasteiger partial charge in [-0.15, -0.1) is 0 Å². The molecule has 244 valence electrons. The van der Waals surface area contributed by atoms with Gasteiger partial charge in [0.25, 0.3) is 0 Å². The number of hydrogen-bond donors (Lipinski definition) is 1. The molecule has 0 saturated carbocycles. The summed E-state index contributed by atoms with van der Waals surface area (Å²) < 4.78 is 0. The molecule has 0 heterocycles. The van der Waals surface area contributed by atoms with Gasteiger partial charge in [0.2, 0.25) is 0 Å². The van der Waals surface area contributed by atoms with Crippen molar-refractivity contribution in [2.24, 2.45) is 0 Å². The van der Waals surface area contributed by atoms with E-state index in [1.807, 2.05) is 37.3 Å². The highest BCUT2D eigenvalue weighted by Crippen LogP contribution is 2.40. The zero-order valence-electron chi connectivity index (χ0n) is 28.8. The first-order valence-corrected chi connectivity index (χ1v) is 17.4. The van der Waals surface area contributed by atoms with Gasteiger partial charge in [-0.25, -0.2) is 0 Å². The summed E-state index contributed by atoms with van der Waals surface area (Å²) in [5.41, 5.74) is 15.0. The van der Waals surface area contributed by atoms with Gasteiger partial charge in [-0.05, 0) is 113 Å². The van der Waals surface area contributed by atoms with Crippen molar-refractivity contribution in [3.8, 4) is 22.3 Å². The molecule has 6 aromatic rings. The van der Waals surface area contributed by atoms with Crippen LogP contribution in [0.15, 0.2) is 183 Å². The topological polar surface area (TPSA) is 15.3 Å². The molecule has 0 bridgehead atoms. The van der Waals surface area contributed by atoms with Crippen molar-refractivity contribution in [2.75, 3.05) is 10.2 Å². The number of benzene rings is 6. The maximum Gasteiger partial charge on any atom is 0.0463 e. The van der Waals surface area contributed by atoms with Crippen LogP contribution in [0.1, 0.15) is 42.9 Å². The molecule has 1 unspecified atom stereocenters. The molecule has 0 aromatic heterocycles. The summed E-state index contributed by atoms with van der Waals surface area (Å²) in [7, 11) is 0. The number of allylic oxidation sites excluding steroid dienone is 6. The third-order valence-electron chi connectivity index (χ3n) is 9.39. The molecule has 1 N–H and O–H groups in total. The number of anilines is 5. The van der Waals surface area contributed by atoms with Crippen molar-refractivity contribution in [1.29, 1.82) is 0 Å². The first kappa shape index (κ1) is 32.4. The third kappa shape index (κ3) is 7.02. The third-order valence-corrected chi connectivity index (χ3v) is 9.39. The van der Waals surface area contributed by atoms with E-state index in [-0.39, 0.29) is 0 Å². The first-order valence-electron chi connectivity index (χ1n) is 17.4. The Balaban J connectivity index is 1.22. The van der Waals surface area contributed by atoms with E-state index in [0.717, 1.165) is 46.0 Å². The highest BCUT2D eigenvalue weighted by molar-refractivity contribution is 5.85. The first-order chi connectivity index (χ1) is 24.6. The highest BCUT2D eigenvalue weighted by Gasteiger charge is 2.18. The summed E-state index contributed by atoms with van der Waals surface area (Å²) >= 11 is 0. The minimum absolute atomic E-state index is 0.536. The number of nitrogens with zero attached hydrogens (tertiary/aromatic N) is 1. The van der Waals surface area contributed by atoms with Crippen LogP contribution in [0.25, 0.3) is 33.9 Å². The molecule has 1 aliphatic carbocycles. The van der Waals surface area contributed by atoms with Crippen molar-refractivity contribution < 1.29 is 0 Å². The molecule has 0 amide bonds. The number of hydrogen-bond acceptors (Lipinski definition) is 2. The molecule has 0 fully saturated rings. The predicted molar refractivity (Wildman–Crippen MR) is 217 cm³/mol. The molecule has 0 spiro atoms. The average Bonchev–Trinajstić information content (AvgIpc) is 3.17. The number of nitrogens with one attached hydrogen (secondary N) is 1. The second-order valence-corrected chi connectivity index (χ2v) is 12.8. The molecule has 1 atom stereocenters. The maximum atomic E-state index is 4.31. The SMILES string of the molecule is C=C(/C=C\C=C/C)c1ccccc1Nc1ccc(N(c2ccc(-c3ccccc3)cc2)c2ccc(-c3cccc4c3C=CCC4C)cc2)cc1. The highest BCUT2D eigenvalue weighted by atomic mass is 15.1. The molecular formula is C48H42N2. The lowest BCUT2D eigenvalue weighted by Crippen LogP contribution is -2.10. The Kier molecular flexibility index (Phi) is 9.71. The summed E-state index contributed by atoms with van der Waals surface area (Å²) in [6.45, 7) is 8.63. The van der Waals surface area contributed by atoms with Crippen molar-refractivity contribution in [3.05, 3.63) is 199 Å². The molecule has 0 saturated heterocycles. The molecule has 1 aliphatic rings. The van der Waals surface area contributed by atoms with Gasteiger partial charge in [-0.2, -0.15) is 0 Å². The second-order valence-electron chi connectivity index (χ2n) is 12.8. The van der Waals surface area contributed by atoms with Crippen molar-refractivity contribution in [2.45, 2.75) is 26.2 Å². The molecule has 2 nitrogen and oxygen atoms in total. The standard InChI is InChI=1S/C48H42N2/c1-4-5-7-14-36(3)45-18-10-11-22-48(45)49-40-27-33-43(34-28-40)50(41-29-23-38(24-30-41)37-16-8-6-9-17-37)42-31-25-39(26-32-42)46-20-13-19-44-35(2)15-12-21-47(44)46/h4-14,16-35,49H,3,15H2,1-2H3/b5-4-,14-7-. The molecule has 2 heteroatoms. The summed E-state index contributed by atoms with van der Waals surface area (Å²) in [5.74, 6) is 0.536. The van der Waals surface area contributed by atoms with Gasteiger partial charge in [0.1, 0.15) is 0 Å². The summed E-state index contributed by atoms with van der Waals surface area (Å²) in [4.78, 5) is 2.33. The van der Waals surface area contributed by atoms with Crippen LogP contribution in [-0.4, -0.2) is 0 Å². The Morgan fingerprint density at radius 3 is 1.98 bits per heavy atom. The van der Waals surface area contributed by atoms with Gasteiger partial charge < -0.3 is 10.2 Å². The Morgan fingerprint density at radius 1 is 0.660 bits per heavy atom.